The highest BCUT2D eigenvalue weighted by Gasteiger charge is 2.16. The van der Waals surface area contributed by atoms with Gasteiger partial charge in [-0.15, -0.1) is 12.4 Å². The van der Waals surface area contributed by atoms with Crippen LogP contribution < -0.4 is 11.1 Å². The Morgan fingerprint density at radius 3 is 2.44 bits per heavy atom. The maximum Gasteiger partial charge on any atom is 0.224 e. The standard InChI is InChI=1S/C14H22N2O.ClH/c1-9-5-6-13(10(2)7-9)8-16-14(17)11(3)12(4)15;/h5-7,11-12H,8,15H2,1-4H3,(H,16,17);1H. The fraction of sp³-hybridized carbons (Fsp3) is 0.500. The molecule has 0 aliphatic heterocycles. The first-order valence-electron chi connectivity index (χ1n) is 6.01. The number of aryl methyl sites for hydroxylation is 2. The van der Waals surface area contributed by atoms with E-state index in [0.717, 1.165) is 5.56 Å². The van der Waals surface area contributed by atoms with Crippen LogP contribution in [0.2, 0.25) is 0 Å². The minimum atomic E-state index is -0.152. The summed E-state index contributed by atoms with van der Waals surface area (Å²) < 4.78 is 0. The first kappa shape index (κ1) is 16.9. The smallest absolute Gasteiger partial charge is 0.224 e. The van der Waals surface area contributed by atoms with Crippen LogP contribution in [0, 0.1) is 19.8 Å². The van der Waals surface area contributed by atoms with Crippen molar-refractivity contribution >= 4 is 18.3 Å². The molecule has 1 rings (SSSR count). The van der Waals surface area contributed by atoms with Crippen molar-refractivity contribution in [1.29, 1.82) is 0 Å². The van der Waals surface area contributed by atoms with Gasteiger partial charge in [0.25, 0.3) is 0 Å². The van der Waals surface area contributed by atoms with Gasteiger partial charge in [0.15, 0.2) is 0 Å². The van der Waals surface area contributed by atoms with Crippen molar-refractivity contribution in [3.05, 3.63) is 34.9 Å². The molecule has 102 valence electrons. The van der Waals surface area contributed by atoms with E-state index in [4.69, 9.17) is 5.73 Å². The average Bonchev–Trinajstić information content (AvgIpc) is 2.26. The van der Waals surface area contributed by atoms with Crippen LogP contribution in [0.1, 0.15) is 30.5 Å². The van der Waals surface area contributed by atoms with E-state index >= 15 is 0 Å². The summed E-state index contributed by atoms with van der Waals surface area (Å²) in [5.41, 5.74) is 9.29. The molecular formula is C14H23ClN2O. The molecule has 18 heavy (non-hydrogen) atoms. The lowest BCUT2D eigenvalue weighted by Gasteiger charge is -2.16. The second-order valence-electron chi connectivity index (χ2n) is 4.80. The zero-order valence-electron chi connectivity index (χ0n) is 11.5. The van der Waals surface area contributed by atoms with Crippen molar-refractivity contribution in [3.63, 3.8) is 0 Å². The third kappa shape index (κ3) is 4.67. The van der Waals surface area contributed by atoms with Gasteiger partial charge in [0.05, 0.1) is 0 Å². The van der Waals surface area contributed by atoms with Crippen molar-refractivity contribution in [1.82, 2.24) is 5.32 Å². The summed E-state index contributed by atoms with van der Waals surface area (Å²) in [5.74, 6) is -0.138. The highest BCUT2D eigenvalue weighted by Crippen LogP contribution is 2.10. The Balaban J connectivity index is 0.00000289. The van der Waals surface area contributed by atoms with E-state index in [-0.39, 0.29) is 30.3 Å². The van der Waals surface area contributed by atoms with E-state index < -0.39 is 0 Å². The first-order chi connectivity index (χ1) is 7.91. The van der Waals surface area contributed by atoms with E-state index in [0.29, 0.717) is 6.54 Å². The maximum absolute atomic E-state index is 11.7. The van der Waals surface area contributed by atoms with E-state index in [9.17, 15) is 4.79 Å². The minimum Gasteiger partial charge on any atom is -0.352 e. The highest BCUT2D eigenvalue weighted by molar-refractivity contribution is 5.85. The number of amides is 1. The van der Waals surface area contributed by atoms with E-state index in [1.165, 1.54) is 11.1 Å². The molecule has 4 heteroatoms. The zero-order valence-corrected chi connectivity index (χ0v) is 12.3. The SMILES string of the molecule is Cc1ccc(CNC(=O)C(C)C(C)N)c(C)c1.Cl. The molecule has 0 saturated heterocycles. The molecule has 2 atom stereocenters. The van der Waals surface area contributed by atoms with Crippen molar-refractivity contribution in [3.8, 4) is 0 Å². The molecule has 0 aliphatic rings. The number of carbonyl (C=O) groups is 1. The Bertz CT molecular complexity index is 405. The topological polar surface area (TPSA) is 55.1 Å². The van der Waals surface area contributed by atoms with Gasteiger partial charge in [-0.25, -0.2) is 0 Å². The fourth-order valence-electron chi connectivity index (χ4n) is 1.63. The van der Waals surface area contributed by atoms with Crippen LogP contribution in [0.15, 0.2) is 18.2 Å². The quantitative estimate of drug-likeness (QED) is 0.882. The molecule has 0 aliphatic carbocycles. The molecule has 0 saturated carbocycles. The molecule has 0 radical (unpaired) electrons. The molecule has 0 fully saturated rings. The molecular weight excluding hydrogens is 248 g/mol. The van der Waals surface area contributed by atoms with Crippen LogP contribution in [-0.2, 0) is 11.3 Å². The van der Waals surface area contributed by atoms with Crippen LogP contribution >= 0.6 is 12.4 Å². The average molecular weight is 271 g/mol. The van der Waals surface area contributed by atoms with Gasteiger partial charge in [-0.2, -0.15) is 0 Å². The van der Waals surface area contributed by atoms with Gasteiger partial charge in [-0.05, 0) is 31.9 Å². The highest BCUT2D eigenvalue weighted by atomic mass is 35.5. The van der Waals surface area contributed by atoms with Crippen molar-refractivity contribution < 1.29 is 4.79 Å². The Kier molecular flexibility index (Phi) is 6.96. The fourth-order valence-corrected chi connectivity index (χ4v) is 1.63. The van der Waals surface area contributed by atoms with E-state index in [1.807, 2.05) is 13.8 Å². The molecule has 1 amide bonds. The predicted molar refractivity (Wildman–Crippen MR) is 77.8 cm³/mol. The van der Waals surface area contributed by atoms with Gasteiger partial charge in [-0.1, -0.05) is 30.7 Å². The lowest BCUT2D eigenvalue weighted by Crippen LogP contribution is -2.38. The third-order valence-corrected chi connectivity index (χ3v) is 3.15. The monoisotopic (exact) mass is 270 g/mol. The van der Waals surface area contributed by atoms with Gasteiger partial charge >= 0.3 is 0 Å². The summed E-state index contributed by atoms with van der Waals surface area (Å²) in [7, 11) is 0. The zero-order chi connectivity index (χ0) is 13.0. The third-order valence-electron chi connectivity index (χ3n) is 3.15. The molecule has 0 bridgehead atoms. The van der Waals surface area contributed by atoms with Crippen LogP contribution in [0.4, 0.5) is 0 Å². The summed E-state index contributed by atoms with van der Waals surface area (Å²) in [6.07, 6.45) is 0. The summed E-state index contributed by atoms with van der Waals surface area (Å²) in [5, 5.41) is 2.92. The number of carbonyl (C=O) groups excluding carboxylic acids is 1. The van der Waals surface area contributed by atoms with Gasteiger partial charge in [0, 0.05) is 18.5 Å². The van der Waals surface area contributed by atoms with E-state index in [2.05, 4.69) is 37.4 Å². The van der Waals surface area contributed by atoms with Crippen molar-refractivity contribution in [2.24, 2.45) is 11.7 Å². The minimum absolute atomic E-state index is 0. The van der Waals surface area contributed by atoms with Crippen molar-refractivity contribution in [2.75, 3.05) is 0 Å². The van der Waals surface area contributed by atoms with Gasteiger partial charge in [0.2, 0.25) is 5.91 Å². The Hall–Kier alpha value is -1.06. The number of nitrogens with two attached hydrogens (primary N) is 1. The lowest BCUT2D eigenvalue weighted by molar-refractivity contribution is -0.125. The number of hydrogen-bond acceptors (Lipinski definition) is 2. The molecule has 0 aromatic heterocycles. The molecule has 1 aromatic carbocycles. The van der Waals surface area contributed by atoms with Gasteiger partial charge < -0.3 is 11.1 Å². The molecule has 3 nitrogen and oxygen atoms in total. The number of hydrogen-bond donors (Lipinski definition) is 2. The number of nitrogens with one attached hydrogen (secondary N) is 1. The molecule has 0 spiro atoms. The maximum atomic E-state index is 11.7. The summed E-state index contributed by atoms with van der Waals surface area (Å²) in [6.45, 7) is 8.39. The summed E-state index contributed by atoms with van der Waals surface area (Å²) in [4.78, 5) is 11.7. The molecule has 0 heterocycles. The molecule has 3 N–H and O–H groups in total. The number of rotatable bonds is 4. The lowest BCUT2D eigenvalue weighted by atomic mass is 10.0. The largest absolute Gasteiger partial charge is 0.352 e. The molecule has 2 unspecified atom stereocenters. The van der Waals surface area contributed by atoms with Crippen LogP contribution in [-0.4, -0.2) is 11.9 Å². The molecule has 1 aromatic rings. The van der Waals surface area contributed by atoms with E-state index in [1.54, 1.807) is 0 Å². The number of halogens is 1. The van der Waals surface area contributed by atoms with Crippen molar-refractivity contribution in [2.45, 2.75) is 40.3 Å². The van der Waals surface area contributed by atoms with Gasteiger partial charge in [-0.3, -0.25) is 4.79 Å². The predicted octanol–water partition coefficient (Wildman–Crippen LogP) is 2.32. The van der Waals surface area contributed by atoms with Crippen LogP contribution in [0.3, 0.4) is 0 Å². The Morgan fingerprint density at radius 1 is 1.33 bits per heavy atom. The Morgan fingerprint density at radius 2 is 1.94 bits per heavy atom. The Labute approximate surface area is 116 Å². The normalized spacial score (nSPS) is 13.4. The second-order valence-corrected chi connectivity index (χ2v) is 4.80. The summed E-state index contributed by atoms with van der Waals surface area (Å²) >= 11 is 0. The van der Waals surface area contributed by atoms with Crippen LogP contribution in [0.25, 0.3) is 0 Å². The second kappa shape index (κ2) is 7.39. The van der Waals surface area contributed by atoms with Gasteiger partial charge in [0.1, 0.15) is 0 Å². The van der Waals surface area contributed by atoms with Crippen LogP contribution in [0.5, 0.6) is 0 Å². The summed E-state index contributed by atoms with van der Waals surface area (Å²) in [6, 6.07) is 6.12. The number of benzene rings is 1. The first-order valence-corrected chi connectivity index (χ1v) is 6.01.